The minimum atomic E-state index is 0.141. The first kappa shape index (κ1) is 14.9. The van der Waals surface area contributed by atoms with Crippen LogP contribution >= 0.6 is 15.9 Å². The van der Waals surface area contributed by atoms with Crippen LogP contribution in [0.15, 0.2) is 28.7 Å². The number of hydrogen-bond acceptors (Lipinski definition) is 4. The Morgan fingerprint density at radius 3 is 2.30 bits per heavy atom. The first-order valence-corrected chi connectivity index (χ1v) is 7.67. The van der Waals surface area contributed by atoms with Crippen LogP contribution < -0.4 is 5.32 Å². The van der Waals surface area contributed by atoms with E-state index in [9.17, 15) is 0 Å². The number of aryl methyl sites for hydroxylation is 2. The van der Waals surface area contributed by atoms with E-state index in [2.05, 4.69) is 69.3 Å². The van der Waals surface area contributed by atoms with E-state index < -0.39 is 0 Å². The summed E-state index contributed by atoms with van der Waals surface area (Å²) in [6.07, 6.45) is 1.74. The summed E-state index contributed by atoms with van der Waals surface area (Å²) in [5.41, 5.74) is 3.19. The second kappa shape index (κ2) is 6.79. The number of nitrogens with zero attached hydrogens (tertiary/aromatic N) is 3. The quantitative estimate of drug-likeness (QED) is 0.899. The minimum absolute atomic E-state index is 0.141. The van der Waals surface area contributed by atoms with Crippen LogP contribution in [-0.2, 0) is 12.8 Å². The Morgan fingerprint density at radius 2 is 1.70 bits per heavy atom. The molecule has 1 aromatic heterocycles. The van der Waals surface area contributed by atoms with Gasteiger partial charge in [-0.15, -0.1) is 5.10 Å². The Hall–Kier alpha value is -1.49. The van der Waals surface area contributed by atoms with Crippen molar-refractivity contribution in [1.29, 1.82) is 0 Å². The molecule has 1 heterocycles. The molecule has 0 saturated carbocycles. The van der Waals surface area contributed by atoms with Crippen molar-refractivity contribution in [3.63, 3.8) is 0 Å². The molecule has 0 saturated heterocycles. The van der Waals surface area contributed by atoms with Gasteiger partial charge in [0.15, 0.2) is 0 Å². The van der Waals surface area contributed by atoms with Crippen LogP contribution in [-0.4, -0.2) is 15.2 Å². The zero-order chi connectivity index (χ0) is 14.5. The fourth-order valence-electron chi connectivity index (χ4n) is 2.03. The molecule has 4 nitrogen and oxygen atoms in total. The second-order valence-corrected chi connectivity index (χ2v) is 5.57. The number of halogens is 1. The molecule has 1 N–H and O–H groups in total. The van der Waals surface area contributed by atoms with Gasteiger partial charge in [-0.1, -0.05) is 41.9 Å². The number of hydrogen-bond donors (Lipinski definition) is 1. The summed E-state index contributed by atoms with van der Waals surface area (Å²) >= 11 is 3.44. The van der Waals surface area contributed by atoms with E-state index in [0.717, 1.165) is 28.7 Å². The molecule has 1 unspecified atom stereocenters. The third-order valence-corrected chi connectivity index (χ3v) is 3.75. The maximum absolute atomic E-state index is 4.55. The van der Waals surface area contributed by atoms with Crippen molar-refractivity contribution < 1.29 is 0 Å². The Balaban J connectivity index is 2.15. The monoisotopic (exact) mass is 334 g/mol. The van der Waals surface area contributed by atoms with Gasteiger partial charge in [0, 0.05) is 4.47 Å². The van der Waals surface area contributed by atoms with Crippen LogP contribution in [0, 0.1) is 0 Å². The van der Waals surface area contributed by atoms with Gasteiger partial charge in [0.2, 0.25) is 5.95 Å². The van der Waals surface area contributed by atoms with Crippen molar-refractivity contribution in [2.24, 2.45) is 0 Å². The summed E-state index contributed by atoms with van der Waals surface area (Å²) in [6.45, 7) is 6.25. The van der Waals surface area contributed by atoms with E-state index in [1.165, 1.54) is 5.56 Å². The third kappa shape index (κ3) is 3.54. The third-order valence-electron chi connectivity index (χ3n) is 3.22. The number of nitrogens with one attached hydrogen (secondary N) is 1. The van der Waals surface area contributed by atoms with Gasteiger partial charge in [-0.2, -0.15) is 5.10 Å². The van der Waals surface area contributed by atoms with Gasteiger partial charge in [-0.3, -0.25) is 0 Å². The van der Waals surface area contributed by atoms with Crippen LogP contribution in [0.5, 0.6) is 0 Å². The average molecular weight is 335 g/mol. The maximum atomic E-state index is 4.55. The molecule has 0 aliphatic heterocycles. The zero-order valence-electron chi connectivity index (χ0n) is 12.0. The topological polar surface area (TPSA) is 50.7 Å². The highest BCUT2D eigenvalue weighted by Crippen LogP contribution is 2.19. The predicted molar refractivity (Wildman–Crippen MR) is 84.8 cm³/mol. The first-order chi connectivity index (χ1) is 9.63. The van der Waals surface area contributed by atoms with E-state index >= 15 is 0 Å². The zero-order valence-corrected chi connectivity index (χ0v) is 13.6. The average Bonchev–Trinajstić information content (AvgIpc) is 2.47. The smallest absolute Gasteiger partial charge is 0.243 e. The maximum Gasteiger partial charge on any atom is 0.243 e. The molecule has 0 spiro atoms. The molecule has 0 aliphatic carbocycles. The fourth-order valence-corrected chi connectivity index (χ4v) is 2.29. The molecule has 5 heteroatoms. The standard InChI is InChI=1S/C15H19BrN4/c1-4-13-14(5-2)19-20-15(18-13)17-10(3)11-6-8-12(16)9-7-11/h6-10H,4-5H2,1-3H3,(H,17,18,20). The van der Waals surface area contributed by atoms with Gasteiger partial charge in [0.1, 0.15) is 0 Å². The first-order valence-electron chi connectivity index (χ1n) is 6.88. The van der Waals surface area contributed by atoms with Crippen LogP contribution in [0.2, 0.25) is 0 Å². The Morgan fingerprint density at radius 1 is 1.05 bits per heavy atom. The van der Waals surface area contributed by atoms with Gasteiger partial charge in [-0.25, -0.2) is 4.98 Å². The molecular weight excluding hydrogens is 316 g/mol. The van der Waals surface area contributed by atoms with Crippen LogP contribution in [0.3, 0.4) is 0 Å². The molecule has 0 radical (unpaired) electrons. The Kier molecular flexibility index (Phi) is 5.06. The lowest BCUT2D eigenvalue weighted by atomic mass is 10.1. The molecule has 0 aliphatic rings. The van der Waals surface area contributed by atoms with Crippen LogP contribution in [0.4, 0.5) is 5.95 Å². The summed E-state index contributed by atoms with van der Waals surface area (Å²) in [7, 11) is 0. The Labute approximate surface area is 128 Å². The van der Waals surface area contributed by atoms with E-state index in [1.54, 1.807) is 0 Å². The molecule has 0 fully saturated rings. The molecule has 0 amide bonds. The van der Waals surface area contributed by atoms with Gasteiger partial charge in [-0.05, 0) is 37.5 Å². The lowest BCUT2D eigenvalue weighted by Gasteiger charge is -2.15. The van der Waals surface area contributed by atoms with Crippen molar-refractivity contribution in [1.82, 2.24) is 15.2 Å². The second-order valence-electron chi connectivity index (χ2n) is 4.65. The summed E-state index contributed by atoms with van der Waals surface area (Å²) in [6, 6.07) is 8.36. The SMILES string of the molecule is CCc1nnc(NC(C)c2ccc(Br)cc2)nc1CC. The van der Waals surface area contributed by atoms with Crippen molar-refractivity contribution in [3.05, 3.63) is 45.7 Å². The van der Waals surface area contributed by atoms with Gasteiger partial charge < -0.3 is 5.32 Å². The summed E-state index contributed by atoms with van der Waals surface area (Å²) in [5, 5.41) is 11.7. The fraction of sp³-hybridized carbons (Fsp3) is 0.400. The van der Waals surface area contributed by atoms with Crippen molar-refractivity contribution in [2.75, 3.05) is 5.32 Å². The summed E-state index contributed by atoms with van der Waals surface area (Å²) in [4.78, 5) is 4.55. The molecule has 20 heavy (non-hydrogen) atoms. The molecule has 2 rings (SSSR count). The highest BCUT2D eigenvalue weighted by Gasteiger charge is 2.10. The van der Waals surface area contributed by atoms with Crippen LogP contribution in [0.25, 0.3) is 0 Å². The number of benzene rings is 1. The largest absolute Gasteiger partial charge is 0.346 e. The highest BCUT2D eigenvalue weighted by atomic mass is 79.9. The van der Waals surface area contributed by atoms with E-state index in [4.69, 9.17) is 0 Å². The normalized spacial score (nSPS) is 12.2. The summed E-state index contributed by atoms with van der Waals surface area (Å²) in [5.74, 6) is 0.592. The van der Waals surface area contributed by atoms with Crippen molar-refractivity contribution in [3.8, 4) is 0 Å². The van der Waals surface area contributed by atoms with Gasteiger partial charge in [0.25, 0.3) is 0 Å². The molecule has 1 atom stereocenters. The van der Waals surface area contributed by atoms with Crippen molar-refractivity contribution >= 4 is 21.9 Å². The van der Waals surface area contributed by atoms with Crippen molar-refractivity contribution in [2.45, 2.75) is 39.7 Å². The molecular formula is C15H19BrN4. The van der Waals surface area contributed by atoms with Gasteiger partial charge >= 0.3 is 0 Å². The number of anilines is 1. The minimum Gasteiger partial charge on any atom is -0.346 e. The Bertz CT molecular complexity index is 569. The summed E-state index contributed by atoms with van der Waals surface area (Å²) < 4.78 is 1.08. The predicted octanol–water partition coefficient (Wildman–Crippen LogP) is 3.93. The molecule has 0 bridgehead atoms. The lowest BCUT2D eigenvalue weighted by Crippen LogP contribution is -2.12. The molecule has 2 aromatic rings. The molecule has 106 valence electrons. The van der Waals surface area contributed by atoms with E-state index in [-0.39, 0.29) is 6.04 Å². The highest BCUT2D eigenvalue weighted by molar-refractivity contribution is 9.10. The van der Waals surface area contributed by atoms with E-state index in [1.807, 2.05) is 12.1 Å². The molecule has 1 aromatic carbocycles. The van der Waals surface area contributed by atoms with Gasteiger partial charge in [0.05, 0.1) is 17.4 Å². The number of aromatic nitrogens is 3. The van der Waals surface area contributed by atoms with E-state index in [0.29, 0.717) is 5.95 Å². The lowest BCUT2D eigenvalue weighted by molar-refractivity contribution is 0.790. The van der Waals surface area contributed by atoms with Crippen LogP contribution in [0.1, 0.15) is 43.8 Å². The number of rotatable bonds is 5.